The summed E-state index contributed by atoms with van der Waals surface area (Å²) in [4.78, 5) is 17.0. The van der Waals surface area contributed by atoms with Gasteiger partial charge in [0.1, 0.15) is 5.75 Å². The number of aromatic nitrogens is 4. The Bertz CT molecular complexity index is 850. The second kappa shape index (κ2) is 7.65. The first-order valence-corrected chi connectivity index (χ1v) is 9.46. The van der Waals surface area contributed by atoms with E-state index >= 15 is 0 Å². The topological polar surface area (TPSA) is 73.1 Å². The van der Waals surface area contributed by atoms with Crippen LogP contribution in [-0.2, 0) is 11.3 Å². The van der Waals surface area contributed by atoms with Crippen LogP contribution < -0.4 is 4.74 Å². The molecule has 8 heteroatoms. The number of carbonyl (C=O) groups excluding carboxylic acids is 1. The number of benzene rings is 1. The molecule has 1 saturated heterocycles. The van der Waals surface area contributed by atoms with Crippen LogP contribution in [0.3, 0.4) is 0 Å². The Hall–Kier alpha value is -2.74. The summed E-state index contributed by atoms with van der Waals surface area (Å²) in [6.07, 6.45) is 1.92. The van der Waals surface area contributed by atoms with Gasteiger partial charge in [-0.05, 0) is 41.6 Å². The van der Waals surface area contributed by atoms with E-state index in [-0.39, 0.29) is 18.6 Å². The van der Waals surface area contributed by atoms with Gasteiger partial charge in [0, 0.05) is 6.54 Å². The SMILES string of the molecule is O=C(COc1ccccc1)N1CCC[C@@H]1Cn1nnc(-c2cccs2)n1. The predicted molar refractivity (Wildman–Crippen MR) is 97.8 cm³/mol. The van der Waals surface area contributed by atoms with Crippen LogP contribution in [0.15, 0.2) is 47.8 Å². The van der Waals surface area contributed by atoms with Gasteiger partial charge in [0.15, 0.2) is 6.61 Å². The summed E-state index contributed by atoms with van der Waals surface area (Å²) in [5, 5.41) is 14.7. The molecular weight excluding hydrogens is 350 g/mol. The summed E-state index contributed by atoms with van der Waals surface area (Å²) in [5.41, 5.74) is 0. The van der Waals surface area contributed by atoms with Gasteiger partial charge in [-0.2, -0.15) is 4.80 Å². The number of hydrogen-bond acceptors (Lipinski definition) is 6. The Labute approximate surface area is 155 Å². The van der Waals surface area contributed by atoms with E-state index in [9.17, 15) is 4.79 Å². The van der Waals surface area contributed by atoms with Crippen molar-refractivity contribution < 1.29 is 9.53 Å². The molecule has 0 aliphatic carbocycles. The van der Waals surface area contributed by atoms with Crippen molar-refractivity contribution >= 4 is 17.2 Å². The summed E-state index contributed by atoms with van der Waals surface area (Å²) in [7, 11) is 0. The molecule has 1 aliphatic heterocycles. The number of rotatable bonds is 6. The number of carbonyl (C=O) groups is 1. The first-order valence-electron chi connectivity index (χ1n) is 8.58. The lowest BCUT2D eigenvalue weighted by atomic mass is 10.2. The molecule has 1 atom stereocenters. The van der Waals surface area contributed by atoms with Crippen LogP contribution in [0.1, 0.15) is 12.8 Å². The summed E-state index contributed by atoms with van der Waals surface area (Å²) in [6.45, 7) is 1.34. The molecule has 134 valence electrons. The Morgan fingerprint density at radius 1 is 1.23 bits per heavy atom. The van der Waals surface area contributed by atoms with Gasteiger partial charge < -0.3 is 9.64 Å². The lowest BCUT2D eigenvalue weighted by molar-refractivity contribution is -0.134. The molecule has 7 nitrogen and oxygen atoms in total. The Balaban J connectivity index is 1.36. The molecule has 1 amide bonds. The monoisotopic (exact) mass is 369 g/mol. The van der Waals surface area contributed by atoms with Gasteiger partial charge in [-0.15, -0.1) is 21.5 Å². The fourth-order valence-corrected chi connectivity index (χ4v) is 3.76. The van der Waals surface area contributed by atoms with Crippen molar-refractivity contribution in [1.82, 2.24) is 25.1 Å². The summed E-state index contributed by atoms with van der Waals surface area (Å²) >= 11 is 1.58. The van der Waals surface area contributed by atoms with Gasteiger partial charge in [0.25, 0.3) is 5.91 Å². The highest BCUT2D eigenvalue weighted by Gasteiger charge is 2.30. The maximum absolute atomic E-state index is 12.5. The van der Waals surface area contributed by atoms with Gasteiger partial charge in [0.2, 0.25) is 5.82 Å². The Morgan fingerprint density at radius 2 is 2.12 bits per heavy atom. The molecule has 0 saturated carbocycles. The van der Waals surface area contributed by atoms with Crippen molar-refractivity contribution in [3.63, 3.8) is 0 Å². The van der Waals surface area contributed by atoms with Crippen molar-refractivity contribution in [2.24, 2.45) is 0 Å². The molecule has 3 aromatic rings. The standard InChI is InChI=1S/C18H19N5O2S/c24-17(13-25-15-7-2-1-3-8-15)22-10-4-6-14(22)12-23-20-18(19-21-23)16-9-5-11-26-16/h1-3,5,7-9,11,14H,4,6,10,12-13H2/t14-/m1/s1. The largest absolute Gasteiger partial charge is 0.484 e. The maximum atomic E-state index is 12.5. The molecule has 0 unspecified atom stereocenters. The number of likely N-dealkylation sites (tertiary alicyclic amines) is 1. The first-order chi connectivity index (χ1) is 12.8. The average molecular weight is 369 g/mol. The van der Waals surface area contributed by atoms with Crippen LogP contribution >= 0.6 is 11.3 Å². The minimum Gasteiger partial charge on any atom is -0.484 e. The molecule has 0 radical (unpaired) electrons. The van der Waals surface area contributed by atoms with Crippen LogP contribution in [-0.4, -0.2) is 50.2 Å². The predicted octanol–water partition coefficient (Wildman–Crippen LogP) is 2.47. The van der Waals surface area contributed by atoms with E-state index in [1.807, 2.05) is 52.7 Å². The fourth-order valence-electron chi connectivity index (χ4n) is 3.11. The molecule has 1 aliphatic rings. The van der Waals surface area contributed by atoms with E-state index in [2.05, 4.69) is 15.4 Å². The van der Waals surface area contributed by atoms with Gasteiger partial charge in [-0.3, -0.25) is 4.79 Å². The van der Waals surface area contributed by atoms with Gasteiger partial charge in [0.05, 0.1) is 17.5 Å². The van der Waals surface area contributed by atoms with Crippen LogP contribution in [0.25, 0.3) is 10.7 Å². The zero-order chi connectivity index (χ0) is 17.8. The quantitative estimate of drug-likeness (QED) is 0.667. The van der Waals surface area contributed by atoms with Crippen LogP contribution in [0, 0.1) is 0 Å². The van der Waals surface area contributed by atoms with Crippen molar-refractivity contribution in [1.29, 1.82) is 0 Å². The molecule has 2 aromatic heterocycles. The fraction of sp³-hybridized carbons (Fsp3) is 0.333. The third kappa shape index (κ3) is 3.75. The Kier molecular flexibility index (Phi) is 4.92. The zero-order valence-electron chi connectivity index (χ0n) is 14.2. The van der Waals surface area contributed by atoms with Gasteiger partial charge >= 0.3 is 0 Å². The molecular formula is C18H19N5O2S. The van der Waals surface area contributed by atoms with E-state index in [0.717, 1.165) is 24.3 Å². The van der Waals surface area contributed by atoms with E-state index in [4.69, 9.17) is 4.74 Å². The van der Waals surface area contributed by atoms with E-state index < -0.39 is 0 Å². The molecule has 1 fully saturated rings. The van der Waals surface area contributed by atoms with E-state index in [1.165, 1.54) is 0 Å². The number of ether oxygens (including phenoxy) is 1. The van der Waals surface area contributed by atoms with E-state index in [1.54, 1.807) is 16.1 Å². The van der Waals surface area contributed by atoms with Crippen LogP contribution in [0.2, 0.25) is 0 Å². The minimum absolute atomic E-state index is 0.00468. The summed E-state index contributed by atoms with van der Waals surface area (Å²) in [6, 6.07) is 13.4. The molecule has 1 aromatic carbocycles. The van der Waals surface area contributed by atoms with E-state index in [0.29, 0.717) is 18.1 Å². The second-order valence-electron chi connectivity index (χ2n) is 6.13. The normalized spacial score (nSPS) is 16.8. The second-order valence-corrected chi connectivity index (χ2v) is 7.08. The van der Waals surface area contributed by atoms with Gasteiger partial charge in [-0.1, -0.05) is 24.3 Å². The Morgan fingerprint density at radius 3 is 2.92 bits per heavy atom. The maximum Gasteiger partial charge on any atom is 0.260 e. The van der Waals surface area contributed by atoms with Crippen molar-refractivity contribution in [2.75, 3.05) is 13.2 Å². The number of para-hydroxylation sites is 1. The smallest absolute Gasteiger partial charge is 0.260 e. The highest BCUT2D eigenvalue weighted by molar-refractivity contribution is 7.13. The molecule has 3 heterocycles. The highest BCUT2D eigenvalue weighted by Crippen LogP contribution is 2.22. The molecule has 0 N–H and O–H groups in total. The van der Waals surface area contributed by atoms with Gasteiger partial charge in [-0.25, -0.2) is 0 Å². The van der Waals surface area contributed by atoms with Crippen molar-refractivity contribution in [3.05, 3.63) is 47.8 Å². The number of amides is 1. The van der Waals surface area contributed by atoms with Crippen LogP contribution in [0.5, 0.6) is 5.75 Å². The average Bonchev–Trinajstić information content (AvgIpc) is 3.42. The minimum atomic E-state index is -0.00468. The number of nitrogens with zero attached hydrogens (tertiary/aromatic N) is 5. The molecule has 0 bridgehead atoms. The third-order valence-corrected chi connectivity index (χ3v) is 5.24. The molecule has 26 heavy (non-hydrogen) atoms. The van der Waals surface area contributed by atoms with Crippen LogP contribution in [0.4, 0.5) is 0 Å². The third-order valence-electron chi connectivity index (χ3n) is 4.37. The molecule has 4 rings (SSSR count). The zero-order valence-corrected chi connectivity index (χ0v) is 15.0. The highest BCUT2D eigenvalue weighted by atomic mass is 32.1. The van der Waals surface area contributed by atoms with Crippen molar-refractivity contribution in [2.45, 2.75) is 25.4 Å². The summed E-state index contributed by atoms with van der Waals surface area (Å²) in [5.74, 6) is 1.33. The number of tetrazole rings is 1. The first kappa shape index (κ1) is 16.7. The lowest BCUT2D eigenvalue weighted by Gasteiger charge is -2.24. The number of hydrogen-bond donors (Lipinski definition) is 0. The number of thiophene rings is 1. The lowest BCUT2D eigenvalue weighted by Crippen LogP contribution is -2.41. The molecule has 0 spiro atoms. The van der Waals surface area contributed by atoms with Crippen molar-refractivity contribution in [3.8, 4) is 16.5 Å². The summed E-state index contributed by atoms with van der Waals surface area (Å²) < 4.78 is 5.59.